The van der Waals surface area contributed by atoms with E-state index in [0.29, 0.717) is 29.2 Å². The predicted molar refractivity (Wildman–Crippen MR) is 131 cm³/mol. The van der Waals surface area contributed by atoms with E-state index in [-0.39, 0.29) is 23.4 Å². The molecule has 3 rings (SSSR count). The maximum atomic E-state index is 12.9. The number of nitrogens with zero attached hydrogens (tertiary/aromatic N) is 2. The van der Waals surface area contributed by atoms with Crippen LogP contribution in [0.4, 0.5) is 5.69 Å². The molecule has 0 spiro atoms. The molecule has 10 nitrogen and oxygen atoms in total. The van der Waals surface area contributed by atoms with E-state index in [2.05, 4.69) is 15.6 Å². The van der Waals surface area contributed by atoms with Crippen molar-refractivity contribution in [1.82, 2.24) is 14.9 Å². The van der Waals surface area contributed by atoms with Crippen LogP contribution in [-0.4, -0.2) is 58.7 Å². The maximum absolute atomic E-state index is 12.9. The van der Waals surface area contributed by atoms with Crippen LogP contribution >= 0.6 is 11.8 Å². The molecule has 11 heteroatoms. The lowest BCUT2D eigenvalue weighted by Crippen LogP contribution is -2.46. The van der Waals surface area contributed by atoms with Gasteiger partial charge in [0.2, 0.25) is 11.8 Å². The number of carbonyl (C=O) groups excluding carboxylic acids is 2. The predicted octanol–water partition coefficient (Wildman–Crippen LogP) is 2.00. The monoisotopic (exact) mass is 486 g/mol. The molecule has 1 aromatic heterocycles. The van der Waals surface area contributed by atoms with Crippen molar-refractivity contribution in [2.24, 2.45) is 0 Å². The summed E-state index contributed by atoms with van der Waals surface area (Å²) in [5, 5.41) is 15.5. The zero-order chi connectivity index (χ0) is 24.7. The lowest BCUT2D eigenvalue weighted by Gasteiger charge is -2.19. The number of methoxy groups -OCH3 is 2. The number of phenolic OH excluding ortho intramolecular Hbond substituents is 1. The summed E-state index contributed by atoms with van der Waals surface area (Å²) in [6.07, 6.45) is 3.53. The summed E-state index contributed by atoms with van der Waals surface area (Å²) in [5.41, 5.74) is 0.217. The van der Waals surface area contributed by atoms with Crippen molar-refractivity contribution >= 4 is 40.2 Å². The zero-order valence-corrected chi connectivity index (χ0v) is 19.8. The van der Waals surface area contributed by atoms with Gasteiger partial charge in [0, 0.05) is 6.07 Å². The lowest BCUT2D eigenvalue weighted by molar-refractivity contribution is -0.127. The van der Waals surface area contributed by atoms with E-state index in [0.717, 1.165) is 4.57 Å². The number of benzene rings is 2. The SMILES string of the molecule is COc1cc2ncn(CC(=O)NC(CCSC)C(=O)Nc3ccccc3O)c(=O)c2cc1OC. The highest BCUT2D eigenvalue weighted by atomic mass is 32.2. The molecule has 3 aromatic rings. The fourth-order valence-corrected chi connectivity index (χ4v) is 3.77. The Bertz CT molecular complexity index is 1250. The molecule has 0 saturated carbocycles. The average Bonchev–Trinajstić information content (AvgIpc) is 2.84. The second-order valence-electron chi connectivity index (χ2n) is 7.31. The Hall–Kier alpha value is -3.73. The summed E-state index contributed by atoms with van der Waals surface area (Å²) in [5.74, 6) is 0.357. The third kappa shape index (κ3) is 5.79. The van der Waals surface area contributed by atoms with E-state index in [9.17, 15) is 19.5 Å². The first-order valence-corrected chi connectivity index (χ1v) is 11.8. The van der Waals surface area contributed by atoms with Crippen LogP contribution in [-0.2, 0) is 16.1 Å². The standard InChI is InChI=1S/C23H26N4O6S/c1-32-19-10-14-17(11-20(19)33-2)24-13-27(23(14)31)12-21(29)25-16(8-9-34-3)22(30)26-15-6-4-5-7-18(15)28/h4-7,10-11,13,16,28H,8-9,12H2,1-3H3,(H,25,29)(H,26,30). The van der Waals surface area contributed by atoms with E-state index in [1.165, 1.54) is 44.4 Å². The van der Waals surface area contributed by atoms with Crippen molar-refractivity contribution in [2.45, 2.75) is 19.0 Å². The minimum atomic E-state index is -0.854. The summed E-state index contributed by atoms with van der Waals surface area (Å²) in [7, 11) is 2.94. The second-order valence-corrected chi connectivity index (χ2v) is 8.30. The molecule has 1 heterocycles. The number of hydrogen-bond acceptors (Lipinski definition) is 8. The highest BCUT2D eigenvalue weighted by Crippen LogP contribution is 2.29. The Morgan fingerprint density at radius 3 is 2.56 bits per heavy atom. The van der Waals surface area contributed by atoms with Crippen LogP contribution in [0.3, 0.4) is 0 Å². The number of phenols is 1. The number of thioether (sulfide) groups is 1. The van der Waals surface area contributed by atoms with Crippen molar-refractivity contribution in [2.75, 3.05) is 31.5 Å². The molecule has 180 valence electrons. The van der Waals surface area contributed by atoms with Gasteiger partial charge >= 0.3 is 0 Å². The van der Waals surface area contributed by atoms with E-state index < -0.39 is 23.4 Å². The van der Waals surface area contributed by atoms with Crippen LogP contribution in [0.5, 0.6) is 17.2 Å². The molecule has 1 unspecified atom stereocenters. The Balaban J connectivity index is 1.78. The van der Waals surface area contributed by atoms with Gasteiger partial charge in [-0.25, -0.2) is 4.98 Å². The first-order valence-electron chi connectivity index (χ1n) is 10.4. The molecule has 3 N–H and O–H groups in total. The molecular weight excluding hydrogens is 460 g/mol. The molecule has 0 radical (unpaired) electrons. The van der Waals surface area contributed by atoms with Gasteiger partial charge in [-0.15, -0.1) is 0 Å². The molecule has 0 aliphatic heterocycles. The van der Waals surface area contributed by atoms with Gasteiger partial charge < -0.3 is 25.2 Å². The highest BCUT2D eigenvalue weighted by Gasteiger charge is 2.22. The molecular formula is C23H26N4O6S. The largest absolute Gasteiger partial charge is 0.506 e. The van der Waals surface area contributed by atoms with Crippen molar-refractivity contribution in [1.29, 1.82) is 0 Å². The lowest BCUT2D eigenvalue weighted by atomic mass is 10.2. The Kier molecular flexibility index (Phi) is 8.36. The number of nitrogens with one attached hydrogen (secondary N) is 2. The summed E-state index contributed by atoms with van der Waals surface area (Å²) < 4.78 is 11.6. The topological polar surface area (TPSA) is 132 Å². The van der Waals surface area contributed by atoms with E-state index in [4.69, 9.17) is 9.47 Å². The molecule has 2 aromatic carbocycles. The van der Waals surface area contributed by atoms with Crippen LogP contribution in [0, 0.1) is 0 Å². The number of amides is 2. The third-order valence-electron chi connectivity index (χ3n) is 5.07. The number of fused-ring (bicyclic) bond motifs is 1. The summed E-state index contributed by atoms with van der Waals surface area (Å²) >= 11 is 1.53. The van der Waals surface area contributed by atoms with E-state index in [1.807, 2.05) is 6.26 Å². The summed E-state index contributed by atoms with van der Waals surface area (Å²) in [6.45, 7) is -0.324. The molecule has 0 aliphatic carbocycles. The Morgan fingerprint density at radius 1 is 1.18 bits per heavy atom. The second kappa shape index (κ2) is 11.4. The van der Waals surface area contributed by atoms with Crippen molar-refractivity contribution in [3.63, 3.8) is 0 Å². The van der Waals surface area contributed by atoms with Crippen LogP contribution in [0.25, 0.3) is 10.9 Å². The number of hydrogen-bond donors (Lipinski definition) is 3. The number of para-hydroxylation sites is 2. The smallest absolute Gasteiger partial charge is 0.261 e. The summed E-state index contributed by atoms with van der Waals surface area (Å²) in [6, 6.07) is 8.57. The van der Waals surface area contributed by atoms with Gasteiger partial charge in [-0.3, -0.25) is 19.0 Å². The fourth-order valence-electron chi connectivity index (χ4n) is 3.30. The number of aromatic nitrogens is 2. The summed E-state index contributed by atoms with van der Waals surface area (Å²) in [4.78, 5) is 42.7. The maximum Gasteiger partial charge on any atom is 0.261 e. The van der Waals surface area contributed by atoms with Crippen LogP contribution in [0.15, 0.2) is 47.5 Å². The number of anilines is 1. The Labute approximate surface area is 200 Å². The normalized spacial score (nSPS) is 11.6. The van der Waals surface area contributed by atoms with Crippen molar-refractivity contribution in [3.8, 4) is 17.2 Å². The van der Waals surface area contributed by atoms with Gasteiger partial charge in [0.05, 0.1) is 37.1 Å². The number of carbonyl (C=O) groups is 2. The minimum absolute atomic E-state index is 0.0772. The van der Waals surface area contributed by atoms with E-state index >= 15 is 0 Å². The van der Waals surface area contributed by atoms with Gasteiger partial charge in [-0.05, 0) is 36.6 Å². The number of ether oxygens (including phenoxy) is 2. The van der Waals surface area contributed by atoms with Gasteiger partial charge in [0.1, 0.15) is 18.3 Å². The van der Waals surface area contributed by atoms with Crippen molar-refractivity contribution < 1.29 is 24.2 Å². The van der Waals surface area contributed by atoms with Crippen LogP contribution in [0.1, 0.15) is 6.42 Å². The van der Waals surface area contributed by atoms with Crippen molar-refractivity contribution in [3.05, 3.63) is 53.1 Å². The fraction of sp³-hybridized carbons (Fsp3) is 0.304. The Morgan fingerprint density at radius 2 is 1.88 bits per heavy atom. The molecule has 0 aliphatic rings. The molecule has 0 saturated heterocycles. The molecule has 2 amide bonds. The quantitative estimate of drug-likeness (QED) is 0.371. The first kappa shape index (κ1) is 24.9. The van der Waals surface area contributed by atoms with Gasteiger partial charge in [0.15, 0.2) is 11.5 Å². The average molecular weight is 487 g/mol. The van der Waals surface area contributed by atoms with E-state index in [1.54, 1.807) is 24.3 Å². The molecule has 1 atom stereocenters. The van der Waals surface area contributed by atoms with Gasteiger partial charge in [-0.1, -0.05) is 12.1 Å². The zero-order valence-electron chi connectivity index (χ0n) is 19.0. The third-order valence-corrected chi connectivity index (χ3v) is 5.71. The molecule has 0 bridgehead atoms. The molecule has 0 fully saturated rings. The molecule has 34 heavy (non-hydrogen) atoms. The highest BCUT2D eigenvalue weighted by molar-refractivity contribution is 7.98. The van der Waals surface area contributed by atoms with Gasteiger partial charge in [0.25, 0.3) is 5.56 Å². The minimum Gasteiger partial charge on any atom is -0.506 e. The number of rotatable bonds is 10. The first-order chi connectivity index (χ1) is 16.4. The van der Waals surface area contributed by atoms with Crippen LogP contribution < -0.4 is 25.7 Å². The number of aromatic hydroxyl groups is 1. The van der Waals surface area contributed by atoms with Gasteiger partial charge in [-0.2, -0.15) is 11.8 Å². The van der Waals surface area contributed by atoms with Crippen LogP contribution in [0.2, 0.25) is 0 Å².